The normalized spacial score (nSPS) is 6.90. The van der Waals surface area contributed by atoms with Gasteiger partial charge in [-0.2, -0.15) is 5.26 Å². The monoisotopic (exact) mass is 136 g/mol. The van der Waals surface area contributed by atoms with Crippen molar-refractivity contribution in [2.75, 3.05) is 7.11 Å². The van der Waals surface area contributed by atoms with Gasteiger partial charge in [-0.3, -0.25) is 0 Å². The molecule has 0 atom stereocenters. The predicted molar refractivity (Wildman–Crippen MR) is 37.1 cm³/mol. The minimum absolute atomic E-state index is 0.465. The van der Waals surface area contributed by atoms with Gasteiger partial charge in [0.15, 0.2) is 0 Å². The van der Waals surface area contributed by atoms with Gasteiger partial charge in [0, 0.05) is 13.3 Å². The summed E-state index contributed by atoms with van der Waals surface area (Å²) in [6.07, 6.45) is 1.60. The molecule has 0 bridgehead atoms. The number of aromatic nitrogens is 1. The quantitative estimate of drug-likeness (QED) is 0.567. The maximum atomic E-state index is 8.23. The molecule has 1 rings (SSSR count). The second-order valence-corrected chi connectivity index (χ2v) is 1.33. The molecule has 52 valence electrons. The number of nitrogens with zero attached hydrogens (tertiary/aromatic N) is 2. The third-order valence-electron chi connectivity index (χ3n) is 0.779. The molecule has 0 aliphatic carbocycles. The largest absolute Gasteiger partial charge is 0.400 e. The second-order valence-electron chi connectivity index (χ2n) is 1.33. The zero-order chi connectivity index (χ0) is 7.82. The zero-order valence-electron chi connectivity index (χ0n) is 5.65. The number of rotatable bonds is 0. The van der Waals surface area contributed by atoms with Gasteiger partial charge in [0.05, 0.1) is 0 Å². The fraction of sp³-hybridized carbons (Fsp3) is 0.143. The lowest BCUT2D eigenvalue weighted by Crippen LogP contribution is -1.75. The lowest BCUT2D eigenvalue weighted by molar-refractivity contribution is 0.399. The van der Waals surface area contributed by atoms with Crippen LogP contribution in [-0.2, 0) is 0 Å². The van der Waals surface area contributed by atoms with Crippen LogP contribution in [0.5, 0.6) is 0 Å². The van der Waals surface area contributed by atoms with Crippen molar-refractivity contribution in [3.63, 3.8) is 0 Å². The third-order valence-corrected chi connectivity index (χ3v) is 0.779. The van der Waals surface area contributed by atoms with E-state index in [1.54, 1.807) is 24.4 Å². The van der Waals surface area contributed by atoms with Gasteiger partial charge in [-0.05, 0) is 12.1 Å². The molecule has 0 aliphatic rings. The van der Waals surface area contributed by atoms with E-state index in [4.69, 9.17) is 10.4 Å². The van der Waals surface area contributed by atoms with Crippen molar-refractivity contribution >= 4 is 0 Å². The summed E-state index contributed by atoms with van der Waals surface area (Å²) in [7, 11) is 1.00. The van der Waals surface area contributed by atoms with Gasteiger partial charge in [0.2, 0.25) is 0 Å². The van der Waals surface area contributed by atoms with E-state index < -0.39 is 0 Å². The van der Waals surface area contributed by atoms with Gasteiger partial charge in [-0.1, -0.05) is 6.07 Å². The Kier molecular flexibility index (Phi) is 4.93. The second kappa shape index (κ2) is 5.73. The van der Waals surface area contributed by atoms with Gasteiger partial charge in [-0.25, -0.2) is 4.98 Å². The van der Waals surface area contributed by atoms with E-state index in [1.165, 1.54) is 0 Å². The Morgan fingerprint density at radius 1 is 1.50 bits per heavy atom. The van der Waals surface area contributed by atoms with Gasteiger partial charge < -0.3 is 5.11 Å². The Balaban J connectivity index is 0.000000371. The molecule has 0 aliphatic heterocycles. The molecule has 0 saturated carbocycles. The van der Waals surface area contributed by atoms with Crippen molar-refractivity contribution in [3.05, 3.63) is 30.1 Å². The van der Waals surface area contributed by atoms with Crippen LogP contribution in [0.1, 0.15) is 5.69 Å². The molecule has 1 aromatic rings. The summed E-state index contributed by atoms with van der Waals surface area (Å²) in [6, 6.07) is 7.14. The van der Waals surface area contributed by atoms with E-state index in [-0.39, 0.29) is 0 Å². The van der Waals surface area contributed by atoms with Crippen LogP contribution in [0, 0.1) is 11.3 Å². The molecular formula is C7H8N2O. The fourth-order valence-electron chi connectivity index (χ4n) is 0.429. The van der Waals surface area contributed by atoms with Crippen molar-refractivity contribution < 1.29 is 5.11 Å². The van der Waals surface area contributed by atoms with Gasteiger partial charge in [-0.15, -0.1) is 0 Å². The number of hydrogen-bond acceptors (Lipinski definition) is 3. The van der Waals surface area contributed by atoms with E-state index in [0.29, 0.717) is 5.69 Å². The van der Waals surface area contributed by atoms with Crippen molar-refractivity contribution in [2.24, 2.45) is 0 Å². The lowest BCUT2D eigenvalue weighted by Gasteiger charge is -1.79. The summed E-state index contributed by atoms with van der Waals surface area (Å²) in [5.41, 5.74) is 0.465. The first-order chi connectivity index (χ1) is 4.93. The Morgan fingerprint density at radius 3 is 2.50 bits per heavy atom. The molecule has 0 spiro atoms. The maximum absolute atomic E-state index is 8.23. The molecule has 0 radical (unpaired) electrons. The molecule has 3 heteroatoms. The molecule has 1 aromatic heterocycles. The SMILES string of the molecule is CO.N#Cc1ccccn1. The minimum atomic E-state index is 0.465. The minimum Gasteiger partial charge on any atom is -0.400 e. The Bertz CT molecular complexity index is 203. The highest BCUT2D eigenvalue weighted by Crippen LogP contribution is 1.86. The summed E-state index contributed by atoms with van der Waals surface area (Å²) in [4.78, 5) is 3.74. The number of aliphatic hydroxyl groups is 1. The summed E-state index contributed by atoms with van der Waals surface area (Å²) in [6.45, 7) is 0. The highest BCUT2D eigenvalue weighted by molar-refractivity contribution is 5.18. The van der Waals surface area contributed by atoms with Gasteiger partial charge in [0.1, 0.15) is 11.8 Å². The first kappa shape index (κ1) is 8.60. The van der Waals surface area contributed by atoms with Crippen molar-refractivity contribution in [1.82, 2.24) is 4.98 Å². The van der Waals surface area contributed by atoms with E-state index in [9.17, 15) is 0 Å². The van der Waals surface area contributed by atoms with Gasteiger partial charge in [0.25, 0.3) is 0 Å². The summed E-state index contributed by atoms with van der Waals surface area (Å²) in [5.74, 6) is 0. The van der Waals surface area contributed by atoms with Crippen LogP contribution in [0.25, 0.3) is 0 Å². The molecular weight excluding hydrogens is 128 g/mol. The molecule has 0 aromatic carbocycles. The van der Waals surface area contributed by atoms with E-state index in [2.05, 4.69) is 4.98 Å². The molecule has 3 nitrogen and oxygen atoms in total. The van der Waals surface area contributed by atoms with Crippen LogP contribution in [-0.4, -0.2) is 17.2 Å². The summed E-state index contributed by atoms with van der Waals surface area (Å²) < 4.78 is 0. The number of hydrogen-bond donors (Lipinski definition) is 1. The summed E-state index contributed by atoms with van der Waals surface area (Å²) >= 11 is 0. The molecule has 0 fully saturated rings. The molecule has 0 saturated heterocycles. The molecule has 0 amide bonds. The van der Waals surface area contributed by atoms with E-state index >= 15 is 0 Å². The molecule has 10 heavy (non-hydrogen) atoms. The van der Waals surface area contributed by atoms with Crippen LogP contribution in [0.15, 0.2) is 24.4 Å². The van der Waals surface area contributed by atoms with Crippen LogP contribution in [0.2, 0.25) is 0 Å². The van der Waals surface area contributed by atoms with Crippen molar-refractivity contribution in [2.45, 2.75) is 0 Å². The molecule has 1 N–H and O–H groups in total. The standard InChI is InChI=1S/C6H4N2.CH4O/c7-5-6-3-1-2-4-8-6;1-2/h1-4H;2H,1H3. The maximum Gasteiger partial charge on any atom is 0.140 e. The first-order valence-electron chi connectivity index (χ1n) is 2.69. The van der Waals surface area contributed by atoms with Crippen LogP contribution >= 0.6 is 0 Å². The van der Waals surface area contributed by atoms with Crippen LogP contribution < -0.4 is 0 Å². The average Bonchev–Trinajstić information content (AvgIpc) is 2.10. The van der Waals surface area contributed by atoms with E-state index in [0.717, 1.165) is 7.11 Å². The number of aliphatic hydroxyl groups excluding tert-OH is 1. The highest BCUT2D eigenvalue weighted by atomic mass is 16.2. The van der Waals surface area contributed by atoms with Crippen LogP contribution in [0.4, 0.5) is 0 Å². The highest BCUT2D eigenvalue weighted by Gasteiger charge is 1.81. The first-order valence-corrected chi connectivity index (χ1v) is 2.69. The van der Waals surface area contributed by atoms with Crippen LogP contribution in [0.3, 0.4) is 0 Å². The van der Waals surface area contributed by atoms with Crippen molar-refractivity contribution in [1.29, 1.82) is 5.26 Å². The Morgan fingerprint density at radius 2 is 2.20 bits per heavy atom. The topological polar surface area (TPSA) is 56.9 Å². The number of pyridine rings is 1. The van der Waals surface area contributed by atoms with Crippen molar-refractivity contribution in [3.8, 4) is 6.07 Å². The number of nitriles is 1. The third kappa shape index (κ3) is 2.80. The smallest absolute Gasteiger partial charge is 0.140 e. The zero-order valence-corrected chi connectivity index (χ0v) is 5.65. The molecule has 1 heterocycles. The fourth-order valence-corrected chi connectivity index (χ4v) is 0.429. The molecule has 0 unspecified atom stereocenters. The summed E-state index contributed by atoms with van der Waals surface area (Å²) in [5, 5.41) is 15.2. The Hall–Kier alpha value is -1.40. The predicted octanol–water partition coefficient (Wildman–Crippen LogP) is 0.562. The average molecular weight is 136 g/mol. The lowest BCUT2D eigenvalue weighted by atomic mass is 10.4. The van der Waals surface area contributed by atoms with E-state index in [1.807, 2.05) is 6.07 Å². The Labute approximate surface area is 59.6 Å². The van der Waals surface area contributed by atoms with Gasteiger partial charge >= 0.3 is 0 Å².